The van der Waals surface area contributed by atoms with Crippen molar-refractivity contribution in [2.24, 2.45) is 0 Å². The van der Waals surface area contributed by atoms with Gasteiger partial charge in [0.2, 0.25) is 0 Å². The van der Waals surface area contributed by atoms with E-state index in [0.29, 0.717) is 34.3 Å². The topological polar surface area (TPSA) is 68.0 Å². The highest BCUT2D eigenvalue weighted by molar-refractivity contribution is 5.82. The lowest BCUT2D eigenvalue weighted by Gasteiger charge is -2.30. The summed E-state index contributed by atoms with van der Waals surface area (Å²) < 4.78 is 18.3. The smallest absolute Gasteiger partial charge is 0.276 e. The van der Waals surface area contributed by atoms with Crippen molar-refractivity contribution in [1.29, 1.82) is 0 Å². The molecule has 1 unspecified atom stereocenters. The van der Waals surface area contributed by atoms with Gasteiger partial charge in [-0.05, 0) is 95.4 Å². The average Bonchev–Trinajstić information content (AvgIpc) is 3.67. The first-order valence-electron chi connectivity index (χ1n) is 13.0. The van der Waals surface area contributed by atoms with Gasteiger partial charge in [-0.1, -0.05) is 12.1 Å². The Labute approximate surface area is 215 Å². The van der Waals surface area contributed by atoms with Crippen molar-refractivity contribution in [1.82, 2.24) is 24.2 Å². The molecular formula is C29H33FN6O. The Hall–Kier alpha value is -3.52. The Morgan fingerprint density at radius 2 is 1.89 bits per heavy atom. The second-order valence-corrected chi connectivity index (χ2v) is 11.1. The van der Waals surface area contributed by atoms with Crippen LogP contribution in [-0.4, -0.2) is 44.4 Å². The fourth-order valence-electron chi connectivity index (χ4n) is 5.34. The number of aryl methyl sites for hydroxylation is 1. The molecule has 1 atom stereocenters. The minimum Gasteiger partial charge on any atom is -0.340 e. The molecule has 0 amide bonds. The molecular weight excluding hydrogens is 467 g/mol. The van der Waals surface area contributed by atoms with Crippen molar-refractivity contribution >= 4 is 22.4 Å². The third-order valence-electron chi connectivity index (χ3n) is 7.63. The highest BCUT2D eigenvalue weighted by Gasteiger charge is 2.31. The summed E-state index contributed by atoms with van der Waals surface area (Å²) in [6.45, 7) is 2.98. The van der Waals surface area contributed by atoms with Gasteiger partial charge in [-0.25, -0.2) is 23.7 Å². The van der Waals surface area contributed by atoms with Crippen molar-refractivity contribution in [2.45, 2.75) is 63.7 Å². The fraction of sp³-hybridized carbons (Fsp3) is 0.414. The van der Waals surface area contributed by atoms with E-state index >= 15 is 0 Å². The normalized spacial score (nSPS) is 17.8. The van der Waals surface area contributed by atoms with Crippen LogP contribution in [0.2, 0.25) is 0 Å². The first kappa shape index (κ1) is 23.9. The number of hydrogen-bond acceptors (Lipinski definition) is 5. The van der Waals surface area contributed by atoms with Crippen LogP contribution in [0.25, 0.3) is 16.7 Å². The Kier molecular flexibility index (Phi) is 5.67. The molecule has 37 heavy (non-hydrogen) atoms. The molecule has 3 heterocycles. The predicted molar refractivity (Wildman–Crippen MR) is 145 cm³/mol. The molecule has 2 aliphatic carbocycles. The van der Waals surface area contributed by atoms with Gasteiger partial charge < -0.3 is 10.2 Å². The van der Waals surface area contributed by atoms with E-state index in [4.69, 9.17) is 0 Å². The lowest BCUT2D eigenvalue weighted by Crippen LogP contribution is -2.33. The van der Waals surface area contributed by atoms with Crippen LogP contribution in [0, 0.1) is 0 Å². The summed E-state index contributed by atoms with van der Waals surface area (Å²) in [6, 6.07) is 14.4. The number of halogens is 1. The molecule has 7 nitrogen and oxygen atoms in total. The first-order chi connectivity index (χ1) is 17.7. The second-order valence-electron chi connectivity index (χ2n) is 11.1. The Bertz CT molecular complexity index is 1540. The highest BCUT2D eigenvalue weighted by Crippen LogP contribution is 2.36. The minimum atomic E-state index is -1.59. The van der Waals surface area contributed by atoms with Gasteiger partial charge in [0.25, 0.3) is 5.56 Å². The molecule has 0 radical (unpaired) electrons. The van der Waals surface area contributed by atoms with E-state index in [-0.39, 0.29) is 11.6 Å². The Balaban J connectivity index is 1.41. The third kappa shape index (κ3) is 4.44. The zero-order valence-corrected chi connectivity index (χ0v) is 21.8. The standard InChI is InChI=1S/C29H33FN6O/c1-29(2,30)25-6-5-7-27(33-25)36-24-16-26(31-17-23(24)28(37)35(36)21-12-13-21)32-20-10-8-18-9-11-22(34(3)4)15-19(18)14-20/h5-8,10,14,16-17,21-22H,9,11-13,15H2,1-4H3,(H,31,32). The summed E-state index contributed by atoms with van der Waals surface area (Å²) in [5.74, 6) is 1.18. The van der Waals surface area contributed by atoms with E-state index in [1.807, 2.05) is 16.8 Å². The van der Waals surface area contributed by atoms with Crippen LogP contribution in [0.5, 0.6) is 0 Å². The number of likely N-dealkylation sites (N-methyl/N-ethyl adjacent to an activating group) is 1. The van der Waals surface area contributed by atoms with Crippen molar-refractivity contribution in [3.8, 4) is 5.82 Å². The van der Waals surface area contributed by atoms with Crippen LogP contribution in [0.4, 0.5) is 15.9 Å². The largest absolute Gasteiger partial charge is 0.340 e. The summed E-state index contributed by atoms with van der Waals surface area (Å²) in [5.41, 5.74) is 3.11. The Morgan fingerprint density at radius 3 is 2.62 bits per heavy atom. The molecule has 0 bridgehead atoms. The number of fused-ring (bicyclic) bond motifs is 2. The van der Waals surface area contributed by atoms with Crippen molar-refractivity contribution < 1.29 is 4.39 Å². The molecule has 0 spiro atoms. The van der Waals surface area contributed by atoms with Crippen LogP contribution >= 0.6 is 0 Å². The van der Waals surface area contributed by atoms with Gasteiger partial charge in [0, 0.05) is 24.0 Å². The maximum atomic E-state index is 14.7. The van der Waals surface area contributed by atoms with E-state index in [2.05, 4.69) is 52.5 Å². The van der Waals surface area contributed by atoms with Crippen LogP contribution in [0.1, 0.15) is 56.0 Å². The van der Waals surface area contributed by atoms with E-state index in [1.165, 1.54) is 31.4 Å². The number of rotatable bonds is 6. The maximum absolute atomic E-state index is 14.7. The summed E-state index contributed by atoms with van der Waals surface area (Å²) >= 11 is 0. The summed E-state index contributed by atoms with van der Waals surface area (Å²) in [4.78, 5) is 24.9. The molecule has 8 heteroatoms. The molecule has 0 aliphatic heterocycles. The molecule has 4 aromatic rings. The first-order valence-corrected chi connectivity index (χ1v) is 13.0. The number of nitrogens with zero attached hydrogens (tertiary/aromatic N) is 5. The number of anilines is 2. The quantitative estimate of drug-likeness (QED) is 0.390. The lowest BCUT2D eigenvalue weighted by atomic mass is 9.87. The van der Waals surface area contributed by atoms with Crippen LogP contribution in [-0.2, 0) is 18.5 Å². The van der Waals surface area contributed by atoms with Crippen LogP contribution < -0.4 is 10.9 Å². The van der Waals surface area contributed by atoms with Gasteiger partial charge in [-0.15, -0.1) is 0 Å². The minimum absolute atomic E-state index is 0.0910. The summed E-state index contributed by atoms with van der Waals surface area (Å²) in [6.07, 6.45) is 6.80. The zero-order valence-electron chi connectivity index (χ0n) is 21.8. The van der Waals surface area contributed by atoms with E-state index in [0.717, 1.165) is 31.4 Å². The van der Waals surface area contributed by atoms with Gasteiger partial charge in [0.1, 0.15) is 11.5 Å². The van der Waals surface area contributed by atoms with Gasteiger partial charge in [0.15, 0.2) is 5.82 Å². The number of nitrogens with one attached hydrogen (secondary N) is 1. The van der Waals surface area contributed by atoms with Crippen molar-refractivity contribution in [2.75, 3.05) is 19.4 Å². The molecule has 1 fully saturated rings. The number of benzene rings is 1. The number of alkyl halides is 1. The number of aromatic nitrogens is 4. The molecule has 192 valence electrons. The number of hydrogen-bond donors (Lipinski definition) is 1. The third-order valence-corrected chi connectivity index (χ3v) is 7.63. The molecule has 0 saturated heterocycles. The summed E-state index contributed by atoms with van der Waals surface area (Å²) in [5, 5.41) is 3.98. The fourth-order valence-corrected chi connectivity index (χ4v) is 5.34. The van der Waals surface area contributed by atoms with E-state index in [1.54, 1.807) is 23.0 Å². The summed E-state index contributed by atoms with van der Waals surface area (Å²) in [7, 11) is 4.28. The predicted octanol–water partition coefficient (Wildman–Crippen LogP) is 5.28. The zero-order chi connectivity index (χ0) is 25.9. The second kappa shape index (κ2) is 8.80. The molecule has 1 aromatic carbocycles. The van der Waals surface area contributed by atoms with Crippen molar-refractivity contribution in [3.05, 3.63) is 75.8 Å². The molecule has 2 aliphatic rings. The van der Waals surface area contributed by atoms with E-state index in [9.17, 15) is 9.18 Å². The van der Waals surface area contributed by atoms with Crippen LogP contribution in [0.15, 0.2) is 53.5 Å². The molecule has 1 saturated carbocycles. The average molecular weight is 501 g/mol. The highest BCUT2D eigenvalue weighted by atomic mass is 19.1. The van der Waals surface area contributed by atoms with Crippen LogP contribution in [0.3, 0.4) is 0 Å². The van der Waals surface area contributed by atoms with Gasteiger partial charge >= 0.3 is 0 Å². The van der Waals surface area contributed by atoms with Crippen molar-refractivity contribution in [3.63, 3.8) is 0 Å². The monoisotopic (exact) mass is 500 g/mol. The maximum Gasteiger partial charge on any atom is 0.276 e. The molecule has 3 aromatic heterocycles. The lowest BCUT2D eigenvalue weighted by molar-refractivity contribution is 0.214. The van der Waals surface area contributed by atoms with Gasteiger partial charge in [0.05, 0.1) is 22.6 Å². The van der Waals surface area contributed by atoms with Gasteiger partial charge in [-0.3, -0.25) is 4.79 Å². The number of pyridine rings is 2. The van der Waals surface area contributed by atoms with E-state index < -0.39 is 5.67 Å². The SMILES string of the molecule is CN(C)C1CCc2ccc(Nc3cc4c(cn3)c(=O)n(C3CC3)n4-c3cccc(C(C)(C)F)n3)cc2C1. The molecule has 1 N–H and O–H groups in total. The Morgan fingerprint density at radius 1 is 1.08 bits per heavy atom. The molecule has 6 rings (SSSR count). The van der Waals surface area contributed by atoms with Gasteiger partial charge in [-0.2, -0.15) is 0 Å².